The lowest BCUT2D eigenvalue weighted by Crippen LogP contribution is -2.17. The summed E-state index contributed by atoms with van der Waals surface area (Å²) in [6, 6.07) is 1.70. The van der Waals surface area contributed by atoms with Crippen molar-refractivity contribution < 1.29 is 23.2 Å². The zero-order valence-corrected chi connectivity index (χ0v) is 10.4. The van der Waals surface area contributed by atoms with E-state index >= 15 is 0 Å². The molecule has 0 atom stereocenters. The molecular formula is C12H13F3N2O3. The number of nitro groups is 1. The second kappa shape index (κ2) is 5.28. The fourth-order valence-electron chi connectivity index (χ4n) is 1.88. The van der Waals surface area contributed by atoms with Gasteiger partial charge in [0.05, 0.1) is 4.92 Å². The van der Waals surface area contributed by atoms with E-state index in [4.69, 9.17) is 0 Å². The molecule has 5 nitrogen and oxygen atoms in total. The molecule has 1 aliphatic carbocycles. The first-order valence-electron chi connectivity index (χ1n) is 6.07. The van der Waals surface area contributed by atoms with Crippen LogP contribution in [0.1, 0.15) is 24.0 Å². The van der Waals surface area contributed by atoms with E-state index in [1.807, 2.05) is 0 Å². The van der Waals surface area contributed by atoms with Crippen LogP contribution in [-0.4, -0.2) is 16.6 Å². The molecule has 1 aliphatic rings. The fourth-order valence-corrected chi connectivity index (χ4v) is 1.88. The van der Waals surface area contributed by atoms with Crippen LogP contribution in [0.2, 0.25) is 0 Å². The molecule has 0 bridgehead atoms. The van der Waals surface area contributed by atoms with Crippen molar-refractivity contribution in [2.45, 2.75) is 25.6 Å². The Balaban J connectivity index is 2.26. The van der Waals surface area contributed by atoms with Gasteiger partial charge in [-0.1, -0.05) is 0 Å². The lowest BCUT2D eigenvalue weighted by Gasteiger charge is -2.12. The molecule has 1 aromatic rings. The molecule has 0 radical (unpaired) electrons. The van der Waals surface area contributed by atoms with Crippen LogP contribution in [0.3, 0.4) is 0 Å². The first-order valence-corrected chi connectivity index (χ1v) is 6.07. The Hall–Kier alpha value is -1.83. The molecule has 1 fully saturated rings. The number of hydrogen-bond donors (Lipinski definition) is 2. The van der Waals surface area contributed by atoms with Crippen LogP contribution in [0.15, 0.2) is 12.1 Å². The highest BCUT2D eigenvalue weighted by Crippen LogP contribution is 2.41. The third-order valence-corrected chi connectivity index (χ3v) is 3.11. The van der Waals surface area contributed by atoms with Crippen molar-refractivity contribution >= 4 is 5.69 Å². The average molecular weight is 290 g/mol. The monoisotopic (exact) mass is 290 g/mol. The molecule has 0 aromatic heterocycles. The Morgan fingerprint density at radius 1 is 1.40 bits per heavy atom. The lowest BCUT2D eigenvalue weighted by molar-refractivity contribution is -0.386. The van der Waals surface area contributed by atoms with Crippen molar-refractivity contribution in [1.82, 2.24) is 5.32 Å². The van der Waals surface area contributed by atoms with Gasteiger partial charge in [0.15, 0.2) is 0 Å². The number of rotatable bonds is 5. The normalized spacial score (nSPS) is 15.3. The van der Waals surface area contributed by atoms with Crippen molar-refractivity contribution in [3.05, 3.63) is 33.4 Å². The zero-order chi connectivity index (χ0) is 14.9. The van der Waals surface area contributed by atoms with E-state index in [0.717, 1.165) is 25.0 Å². The van der Waals surface area contributed by atoms with Crippen molar-refractivity contribution in [2.75, 3.05) is 6.54 Å². The molecule has 0 amide bonds. The van der Waals surface area contributed by atoms with Crippen LogP contribution >= 0.6 is 0 Å². The number of halogens is 3. The summed E-state index contributed by atoms with van der Waals surface area (Å²) in [5, 5.41) is 23.0. The Kier molecular flexibility index (Phi) is 3.85. The molecule has 1 saturated carbocycles. The molecule has 0 saturated heterocycles. The third kappa shape index (κ3) is 3.38. The van der Waals surface area contributed by atoms with Gasteiger partial charge >= 0.3 is 11.9 Å². The predicted octanol–water partition coefficient (Wildman–Crippen LogP) is 2.82. The number of nitrogens with one attached hydrogen (secondary N) is 1. The standard InChI is InChI=1S/C12H13F3N2O3/c13-12(14,15)9-3-8(6-16-5-7-1-2-7)4-10(11(9)18)17(19)20/h3-4,7,16,18H,1-2,5-6H2. The van der Waals surface area contributed by atoms with Crippen molar-refractivity contribution in [3.63, 3.8) is 0 Å². The summed E-state index contributed by atoms with van der Waals surface area (Å²) < 4.78 is 38.2. The molecule has 0 aliphatic heterocycles. The Morgan fingerprint density at radius 2 is 2.05 bits per heavy atom. The first-order chi connectivity index (χ1) is 9.29. The van der Waals surface area contributed by atoms with E-state index < -0.39 is 28.1 Å². The summed E-state index contributed by atoms with van der Waals surface area (Å²) in [5.41, 5.74) is -2.18. The molecule has 110 valence electrons. The van der Waals surface area contributed by atoms with E-state index in [-0.39, 0.29) is 12.1 Å². The van der Waals surface area contributed by atoms with Gasteiger partial charge in [0.25, 0.3) is 0 Å². The van der Waals surface area contributed by atoms with Crippen molar-refractivity contribution in [1.29, 1.82) is 0 Å². The Morgan fingerprint density at radius 3 is 2.55 bits per heavy atom. The van der Waals surface area contributed by atoms with Crippen molar-refractivity contribution in [2.24, 2.45) is 5.92 Å². The van der Waals surface area contributed by atoms with Crippen LogP contribution in [0.25, 0.3) is 0 Å². The highest BCUT2D eigenvalue weighted by atomic mass is 19.4. The quantitative estimate of drug-likeness (QED) is 0.646. The topological polar surface area (TPSA) is 75.4 Å². The van der Waals surface area contributed by atoms with Crippen LogP contribution < -0.4 is 5.32 Å². The lowest BCUT2D eigenvalue weighted by atomic mass is 10.1. The van der Waals surface area contributed by atoms with Crippen LogP contribution in [-0.2, 0) is 12.7 Å². The number of alkyl halides is 3. The number of nitro benzene ring substituents is 1. The molecule has 1 aromatic carbocycles. The summed E-state index contributed by atoms with van der Waals surface area (Å²) in [6.45, 7) is 0.775. The maximum Gasteiger partial charge on any atom is 0.420 e. The number of phenols is 1. The van der Waals surface area contributed by atoms with E-state index in [2.05, 4.69) is 5.32 Å². The summed E-state index contributed by atoms with van der Waals surface area (Å²) >= 11 is 0. The highest BCUT2D eigenvalue weighted by Gasteiger charge is 2.37. The summed E-state index contributed by atoms with van der Waals surface area (Å²) in [6.07, 6.45) is -2.64. The van der Waals surface area contributed by atoms with E-state index in [1.165, 1.54) is 0 Å². The first kappa shape index (κ1) is 14.6. The minimum Gasteiger partial charge on any atom is -0.502 e. The number of phenolic OH excluding ortho intramolecular Hbond substituents is 1. The summed E-state index contributed by atoms with van der Waals surface area (Å²) in [7, 11) is 0. The molecule has 2 rings (SSSR count). The van der Waals surface area contributed by atoms with Gasteiger partial charge in [-0.05, 0) is 36.9 Å². The van der Waals surface area contributed by atoms with Crippen molar-refractivity contribution in [3.8, 4) is 5.75 Å². The van der Waals surface area contributed by atoms with E-state index in [0.29, 0.717) is 12.5 Å². The number of benzene rings is 1. The van der Waals surface area contributed by atoms with Crippen LogP contribution in [0.4, 0.5) is 18.9 Å². The Labute approximate surface area is 112 Å². The molecule has 0 heterocycles. The Bertz CT molecular complexity index is 527. The predicted molar refractivity (Wildman–Crippen MR) is 64.2 cm³/mol. The van der Waals surface area contributed by atoms with Gasteiger partial charge in [-0.25, -0.2) is 0 Å². The average Bonchev–Trinajstić information content (AvgIpc) is 3.13. The number of aromatic hydroxyl groups is 1. The van der Waals surface area contributed by atoms with Gasteiger partial charge in [0.2, 0.25) is 5.75 Å². The maximum atomic E-state index is 12.7. The SMILES string of the molecule is O=[N+]([O-])c1cc(CNCC2CC2)cc(C(F)(F)F)c1O. The highest BCUT2D eigenvalue weighted by molar-refractivity contribution is 5.54. The smallest absolute Gasteiger partial charge is 0.420 e. The van der Waals surface area contributed by atoms with Gasteiger partial charge in [-0.2, -0.15) is 13.2 Å². The molecule has 8 heteroatoms. The molecule has 2 N–H and O–H groups in total. The minimum atomic E-state index is -4.83. The fraction of sp³-hybridized carbons (Fsp3) is 0.500. The van der Waals surface area contributed by atoms with E-state index in [1.54, 1.807) is 0 Å². The number of hydrogen-bond acceptors (Lipinski definition) is 4. The largest absolute Gasteiger partial charge is 0.502 e. The molecular weight excluding hydrogens is 277 g/mol. The minimum absolute atomic E-state index is 0.0979. The molecule has 0 spiro atoms. The van der Waals surface area contributed by atoms with Gasteiger partial charge < -0.3 is 10.4 Å². The van der Waals surface area contributed by atoms with Crippen LogP contribution in [0.5, 0.6) is 5.75 Å². The second-order valence-corrected chi connectivity index (χ2v) is 4.84. The zero-order valence-electron chi connectivity index (χ0n) is 10.4. The number of nitrogens with zero attached hydrogens (tertiary/aromatic N) is 1. The molecule has 20 heavy (non-hydrogen) atoms. The summed E-state index contributed by atoms with van der Waals surface area (Å²) in [4.78, 5) is 9.68. The van der Waals surface area contributed by atoms with Gasteiger partial charge in [-0.3, -0.25) is 10.1 Å². The van der Waals surface area contributed by atoms with Crippen LogP contribution in [0, 0.1) is 16.0 Å². The second-order valence-electron chi connectivity index (χ2n) is 4.84. The van der Waals surface area contributed by atoms with Gasteiger partial charge in [-0.15, -0.1) is 0 Å². The summed E-state index contributed by atoms with van der Waals surface area (Å²) in [5.74, 6) is -0.794. The van der Waals surface area contributed by atoms with E-state index in [9.17, 15) is 28.4 Å². The maximum absolute atomic E-state index is 12.7. The molecule has 0 unspecified atom stereocenters. The van der Waals surface area contributed by atoms with Gasteiger partial charge in [0, 0.05) is 12.6 Å². The van der Waals surface area contributed by atoms with Gasteiger partial charge in [0.1, 0.15) is 5.56 Å². The third-order valence-electron chi connectivity index (χ3n) is 3.11.